The van der Waals surface area contributed by atoms with Crippen molar-refractivity contribution in [3.8, 4) is 10.6 Å². The molecular formula is C19H28N3OS+. The van der Waals surface area contributed by atoms with E-state index < -0.39 is 0 Å². The van der Waals surface area contributed by atoms with E-state index in [1.165, 1.54) is 5.56 Å². The highest BCUT2D eigenvalue weighted by Gasteiger charge is 2.14. The van der Waals surface area contributed by atoms with E-state index >= 15 is 0 Å². The predicted octanol–water partition coefficient (Wildman–Crippen LogP) is 2.47. The number of nitrogens with one attached hydrogen (secondary N) is 2. The molecule has 1 unspecified atom stereocenters. The predicted molar refractivity (Wildman–Crippen MR) is 100 cm³/mol. The molecule has 0 bridgehead atoms. The molecule has 0 radical (unpaired) electrons. The van der Waals surface area contributed by atoms with Crippen molar-refractivity contribution >= 4 is 17.2 Å². The number of nitrogens with zero attached hydrogens (tertiary/aromatic N) is 1. The lowest BCUT2D eigenvalue weighted by atomic mass is 10.0. The summed E-state index contributed by atoms with van der Waals surface area (Å²) in [5.74, 6) is 0.627. The lowest BCUT2D eigenvalue weighted by Gasteiger charge is -2.14. The number of carbonyl (C=O) groups excluding carboxylic acids is 1. The zero-order chi connectivity index (χ0) is 17.7. The van der Waals surface area contributed by atoms with Gasteiger partial charge in [-0.25, -0.2) is 4.98 Å². The molecule has 0 aliphatic heterocycles. The second-order valence-corrected chi connectivity index (χ2v) is 7.81. The Balaban J connectivity index is 1.96. The number of hydrogen-bond donors (Lipinski definition) is 2. The van der Waals surface area contributed by atoms with Crippen LogP contribution >= 0.6 is 11.3 Å². The van der Waals surface area contributed by atoms with Gasteiger partial charge in [-0.15, -0.1) is 11.3 Å². The summed E-state index contributed by atoms with van der Waals surface area (Å²) in [7, 11) is 2.02. The van der Waals surface area contributed by atoms with E-state index in [1.807, 2.05) is 20.9 Å². The molecule has 1 aromatic heterocycles. The molecule has 1 heterocycles. The van der Waals surface area contributed by atoms with Crippen LogP contribution in [0.15, 0.2) is 29.6 Å². The standard InChI is InChI=1S/C19H27N3OS/c1-13(2)15-6-8-16(9-7-15)19-21-17(12-24-19)10-22(5)11-18(23)20-14(3)4/h6-9,12-14H,10-11H2,1-5H3,(H,20,23)/p+1. The first-order valence-corrected chi connectivity index (χ1v) is 9.38. The molecule has 4 nitrogen and oxygen atoms in total. The van der Waals surface area contributed by atoms with Gasteiger partial charge in [0.15, 0.2) is 6.54 Å². The van der Waals surface area contributed by atoms with Crippen molar-refractivity contribution in [2.75, 3.05) is 13.6 Å². The maximum absolute atomic E-state index is 11.8. The van der Waals surface area contributed by atoms with Crippen LogP contribution in [0, 0.1) is 0 Å². The smallest absolute Gasteiger partial charge is 0.275 e. The fourth-order valence-electron chi connectivity index (χ4n) is 2.55. The van der Waals surface area contributed by atoms with Gasteiger partial charge in [-0.3, -0.25) is 4.79 Å². The molecule has 1 atom stereocenters. The summed E-state index contributed by atoms with van der Waals surface area (Å²) < 4.78 is 0. The molecule has 0 fully saturated rings. The zero-order valence-corrected chi connectivity index (χ0v) is 16.0. The average molecular weight is 347 g/mol. The summed E-state index contributed by atoms with van der Waals surface area (Å²) in [6.45, 7) is 9.57. The van der Waals surface area contributed by atoms with E-state index in [4.69, 9.17) is 4.98 Å². The average Bonchev–Trinajstić information content (AvgIpc) is 2.94. The summed E-state index contributed by atoms with van der Waals surface area (Å²) in [5, 5.41) is 6.06. The highest BCUT2D eigenvalue weighted by molar-refractivity contribution is 7.13. The number of rotatable bonds is 7. The van der Waals surface area contributed by atoms with Crippen molar-refractivity contribution in [1.29, 1.82) is 0 Å². The van der Waals surface area contributed by atoms with Gasteiger partial charge in [-0.05, 0) is 25.3 Å². The lowest BCUT2D eigenvalue weighted by Crippen LogP contribution is -3.09. The molecule has 2 aromatic rings. The highest BCUT2D eigenvalue weighted by atomic mass is 32.1. The Morgan fingerprint density at radius 2 is 1.88 bits per heavy atom. The van der Waals surface area contributed by atoms with Gasteiger partial charge in [0.25, 0.3) is 5.91 Å². The molecular weight excluding hydrogens is 318 g/mol. The number of amides is 1. The molecule has 0 saturated heterocycles. The highest BCUT2D eigenvalue weighted by Crippen LogP contribution is 2.25. The Kier molecular flexibility index (Phi) is 6.52. The second kappa shape index (κ2) is 8.40. The Hall–Kier alpha value is -1.72. The molecule has 0 aliphatic rings. The molecule has 0 aliphatic carbocycles. The summed E-state index contributed by atoms with van der Waals surface area (Å²) in [6.07, 6.45) is 0. The third-order valence-electron chi connectivity index (χ3n) is 3.77. The summed E-state index contributed by atoms with van der Waals surface area (Å²) in [4.78, 5) is 17.7. The molecule has 2 N–H and O–H groups in total. The summed E-state index contributed by atoms with van der Waals surface area (Å²) in [5.41, 5.74) is 3.54. The molecule has 24 heavy (non-hydrogen) atoms. The number of likely N-dealkylation sites (N-methyl/N-ethyl adjacent to an activating group) is 1. The number of carbonyl (C=O) groups is 1. The van der Waals surface area contributed by atoms with E-state index in [0.717, 1.165) is 27.7 Å². The lowest BCUT2D eigenvalue weighted by molar-refractivity contribution is -0.885. The van der Waals surface area contributed by atoms with Gasteiger partial charge >= 0.3 is 0 Å². The van der Waals surface area contributed by atoms with Crippen molar-refractivity contribution in [3.05, 3.63) is 40.9 Å². The maximum atomic E-state index is 11.8. The minimum Gasteiger partial charge on any atom is -0.349 e. The molecule has 0 saturated carbocycles. The quantitative estimate of drug-likeness (QED) is 0.809. The monoisotopic (exact) mass is 346 g/mol. The van der Waals surface area contributed by atoms with Gasteiger partial charge < -0.3 is 10.2 Å². The number of benzene rings is 1. The van der Waals surface area contributed by atoms with Crippen LogP contribution in [0.25, 0.3) is 10.6 Å². The minimum absolute atomic E-state index is 0.0854. The molecule has 130 valence electrons. The number of hydrogen-bond acceptors (Lipinski definition) is 3. The van der Waals surface area contributed by atoms with Crippen molar-refractivity contribution in [2.24, 2.45) is 0 Å². The van der Waals surface area contributed by atoms with Gasteiger partial charge in [-0.2, -0.15) is 0 Å². The van der Waals surface area contributed by atoms with E-state index in [9.17, 15) is 4.79 Å². The fraction of sp³-hybridized carbons (Fsp3) is 0.474. The first-order chi connectivity index (χ1) is 11.3. The number of aromatic nitrogens is 1. The number of quaternary nitrogens is 1. The first-order valence-electron chi connectivity index (χ1n) is 8.50. The Morgan fingerprint density at radius 1 is 1.21 bits per heavy atom. The van der Waals surface area contributed by atoms with Crippen molar-refractivity contribution in [2.45, 2.75) is 46.2 Å². The van der Waals surface area contributed by atoms with Crippen molar-refractivity contribution in [1.82, 2.24) is 10.3 Å². The molecule has 1 aromatic carbocycles. The number of thiazole rings is 1. The Bertz CT molecular complexity index is 662. The van der Waals surface area contributed by atoms with Crippen LogP contribution in [0.5, 0.6) is 0 Å². The minimum atomic E-state index is 0.0854. The maximum Gasteiger partial charge on any atom is 0.275 e. The summed E-state index contributed by atoms with van der Waals surface area (Å²) >= 11 is 1.66. The van der Waals surface area contributed by atoms with Gasteiger partial charge in [0.05, 0.1) is 7.05 Å². The van der Waals surface area contributed by atoms with Crippen LogP contribution in [-0.4, -0.2) is 30.5 Å². The van der Waals surface area contributed by atoms with Gasteiger partial charge in [0, 0.05) is 17.0 Å². The third-order valence-corrected chi connectivity index (χ3v) is 4.71. The fourth-order valence-corrected chi connectivity index (χ4v) is 3.38. The topological polar surface area (TPSA) is 46.4 Å². The summed E-state index contributed by atoms with van der Waals surface area (Å²) in [6, 6.07) is 8.82. The van der Waals surface area contributed by atoms with E-state index in [0.29, 0.717) is 12.5 Å². The van der Waals surface area contributed by atoms with Crippen molar-refractivity contribution in [3.63, 3.8) is 0 Å². The van der Waals surface area contributed by atoms with E-state index in [1.54, 1.807) is 11.3 Å². The van der Waals surface area contributed by atoms with Crippen LogP contribution in [0.2, 0.25) is 0 Å². The van der Waals surface area contributed by atoms with Crippen LogP contribution in [0.4, 0.5) is 0 Å². The van der Waals surface area contributed by atoms with E-state index in [2.05, 4.69) is 48.8 Å². The zero-order valence-electron chi connectivity index (χ0n) is 15.2. The van der Waals surface area contributed by atoms with E-state index in [-0.39, 0.29) is 11.9 Å². The Morgan fingerprint density at radius 3 is 2.46 bits per heavy atom. The molecule has 5 heteroatoms. The largest absolute Gasteiger partial charge is 0.349 e. The van der Waals surface area contributed by atoms with Gasteiger partial charge in [-0.1, -0.05) is 38.1 Å². The molecule has 0 spiro atoms. The third kappa shape index (κ3) is 5.42. The molecule has 2 rings (SSSR count). The van der Waals surface area contributed by atoms with Gasteiger partial charge in [0.2, 0.25) is 0 Å². The normalized spacial score (nSPS) is 12.6. The second-order valence-electron chi connectivity index (χ2n) is 6.95. The van der Waals surface area contributed by atoms with Crippen LogP contribution in [-0.2, 0) is 11.3 Å². The van der Waals surface area contributed by atoms with Crippen LogP contribution in [0.3, 0.4) is 0 Å². The van der Waals surface area contributed by atoms with Crippen LogP contribution < -0.4 is 10.2 Å². The van der Waals surface area contributed by atoms with Crippen LogP contribution in [0.1, 0.15) is 44.9 Å². The first kappa shape index (κ1) is 18.6. The molecule has 1 amide bonds. The van der Waals surface area contributed by atoms with Gasteiger partial charge in [0.1, 0.15) is 17.2 Å². The SMILES string of the molecule is CC(C)NC(=O)C[NH+](C)Cc1csc(-c2ccc(C(C)C)cc2)n1. The Labute approximate surface area is 148 Å². The van der Waals surface area contributed by atoms with Crippen molar-refractivity contribution < 1.29 is 9.69 Å².